The summed E-state index contributed by atoms with van der Waals surface area (Å²) < 4.78 is 11.5. The van der Waals surface area contributed by atoms with E-state index in [4.69, 9.17) is 9.47 Å². The Bertz CT molecular complexity index is 957. The second-order valence-corrected chi connectivity index (χ2v) is 7.77. The Hall–Kier alpha value is -2.86. The van der Waals surface area contributed by atoms with Gasteiger partial charge in [-0.25, -0.2) is 0 Å². The van der Waals surface area contributed by atoms with Gasteiger partial charge in [-0.3, -0.25) is 14.5 Å². The third-order valence-electron chi connectivity index (χ3n) is 6.26. The Labute approximate surface area is 163 Å². The van der Waals surface area contributed by atoms with Crippen LogP contribution in [0, 0.1) is 0 Å². The molecular weight excluding hydrogens is 356 g/mol. The summed E-state index contributed by atoms with van der Waals surface area (Å²) in [5.74, 6) is 0.651. The molecule has 6 nitrogen and oxygen atoms in total. The lowest BCUT2D eigenvalue weighted by Crippen LogP contribution is -2.67. The Morgan fingerprint density at radius 2 is 1.86 bits per heavy atom. The summed E-state index contributed by atoms with van der Waals surface area (Å²) in [7, 11) is 1.62. The largest absolute Gasteiger partial charge is 0.497 e. The van der Waals surface area contributed by atoms with Crippen molar-refractivity contribution in [1.82, 2.24) is 4.90 Å². The van der Waals surface area contributed by atoms with Crippen LogP contribution < -0.4 is 9.64 Å². The number of hydrogen-bond acceptors (Lipinski definition) is 4. The lowest BCUT2D eigenvalue weighted by molar-refractivity contribution is -0.156. The second-order valence-electron chi connectivity index (χ2n) is 7.77. The quantitative estimate of drug-likeness (QED) is 0.824. The van der Waals surface area contributed by atoms with Crippen molar-refractivity contribution in [3.8, 4) is 5.75 Å². The zero-order valence-corrected chi connectivity index (χ0v) is 15.9. The van der Waals surface area contributed by atoms with E-state index in [2.05, 4.69) is 0 Å². The van der Waals surface area contributed by atoms with Gasteiger partial charge in [-0.1, -0.05) is 30.3 Å². The van der Waals surface area contributed by atoms with Crippen LogP contribution >= 0.6 is 0 Å². The molecule has 0 saturated carbocycles. The SMILES string of the molecule is COc1ccc(CN2C(=O)CC3OC4Cc5ccccc5N4C(=O)C32C)cc1. The summed E-state index contributed by atoms with van der Waals surface area (Å²) >= 11 is 0. The van der Waals surface area contributed by atoms with Crippen molar-refractivity contribution in [3.63, 3.8) is 0 Å². The number of nitrogens with zero attached hydrogens (tertiary/aromatic N) is 2. The van der Waals surface area contributed by atoms with Crippen LogP contribution in [0.4, 0.5) is 5.69 Å². The number of ether oxygens (including phenoxy) is 2. The van der Waals surface area contributed by atoms with Crippen LogP contribution in [0.2, 0.25) is 0 Å². The Kier molecular flexibility index (Phi) is 3.74. The highest BCUT2D eigenvalue weighted by Gasteiger charge is 2.62. The standard InChI is InChI=1S/C22H22N2O4/c1-22-18(12-19(25)23(22)13-14-7-9-16(27-2)10-8-14)28-20-11-15-5-3-4-6-17(15)24(20)21(22)26/h3-10,18,20H,11-13H2,1-2H3. The molecule has 3 atom stereocenters. The van der Waals surface area contributed by atoms with Gasteiger partial charge in [0.25, 0.3) is 5.91 Å². The molecule has 2 fully saturated rings. The van der Waals surface area contributed by atoms with E-state index in [9.17, 15) is 9.59 Å². The van der Waals surface area contributed by atoms with E-state index >= 15 is 0 Å². The number of anilines is 1. The second kappa shape index (κ2) is 6.07. The summed E-state index contributed by atoms with van der Waals surface area (Å²) in [5.41, 5.74) is 1.94. The first-order valence-corrected chi connectivity index (χ1v) is 9.53. The van der Waals surface area contributed by atoms with E-state index in [1.807, 2.05) is 55.5 Å². The summed E-state index contributed by atoms with van der Waals surface area (Å²) in [6.07, 6.45) is 0.151. The molecule has 2 saturated heterocycles. The van der Waals surface area contributed by atoms with Gasteiger partial charge in [-0.05, 0) is 36.2 Å². The molecule has 0 radical (unpaired) electrons. The number of benzene rings is 2. The minimum Gasteiger partial charge on any atom is -0.497 e. The monoisotopic (exact) mass is 378 g/mol. The van der Waals surface area contributed by atoms with Crippen LogP contribution in [0.3, 0.4) is 0 Å². The van der Waals surface area contributed by atoms with E-state index in [1.165, 1.54) is 0 Å². The van der Waals surface area contributed by atoms with E-state index in [1.54, 1.807) is 16.9 Å². The maximum Gasteiger partial charge on any atom is 0.257 e. The summed E-state index contributed by atoms with van der Waals surface area (Å²) in [5, 5.41) is 0. The topological polar surface area (TPSA) is 59.1 Å². The fourth-order valence-electron chi connectivity index (χ4n) is 4.64. The van der Waals surface area contributed by atoms with Crippen LogP contribution in [0.5, 0.6) is 5.75 Å². The van der Waals surface area contributed by atoms with Gasteiger partial charge >= 0.3 is 0 Å². The van der Waals surface area contributed by atoms with Crippen molar-refractivity contribution < 1.29 is 19.1 Å². The molecule has 2 amide bonds. The highest BCUT2D eigenvalue weighted by Crippen LogP contribution is 2.45. The van der Waals surface area contributed by atoms with Gasteiger partial charge in [0, 0.05) is 18.7 Å². The van der Waals surface area contributed by atoms with Crippen LogP contribution in [0.25, 0.3) is 0 Å². The van der Waals surface area contributed by atoms with Crippen molar-refractivity contribution in [2.75, 3.05) is 12.0 Å². The molecule has 0 aromatic heterocycles. The highest BCUT2D eigenvalue weighted by atomic mass is 16.5. The van der Waals surface area contributed by atoms with E-state index in [-0.39, 0.29) is 24.5 Å². The van der Waals surface area contributed by atoms with Gasteiger partial charge in [0.2, 0.25) is 5.91 Å². The lowest BCUT2D eigenvalue weighted by atomic mass is 9.91. The fourth-order valence-corrected chi connectivity index (χ4v) is 4.64. The molecule has 28 heavy (non-hydrogen) atoms. The van der Waals surface area contributed by atoms with Gasteiger partial charge in [0.1, 0.15) is 23.6 Å². The Morgan fingerprint density at radius 1 is 1.11 bits per heavy atom. The molecule has 2 aromatic rings. The Morgan fingerprint density at radius 3 is 2.61 bits per heavy atom. The fraction of sp³-hybridized carbons (Fsp3) is 0.364. The third kappa shape index (κ3) is 2.31. The van der Waals surface area contributed by atoms with Crippen molar-refractivity contribution in [2.45, 2.75) is 44.2 Å². The summed E-state index contributed by atoms with van der Waals surface area (Å²) in [4.78, 5) is 29.9. The van der Waals surface area contributed by atoms with Gasteiger partial charge in [0.15, 0.2) is 0 Å². The first-order valence-electron chi connectivity index (χ1n) is 9.53. The molecule has 5 rings (SSSR count). The highest BCUT2D eigenvalue weighted by molar-refractivity contribution is 6.06. The van der Waals surface area contributed by atoms with Gasteiger partial charge in [-0.15, -0.1) is 0 Å². The number of amides is 2. The lowest BCUT2D eigenvalue weighted by Gasteiger charge is -2.46. The van der Waals surface area contributed by atoms with Gasteiger partial charge in [0.05, 0.1) is 13.5 Å². The van der Waals surface area contributed by atoms with Crippen molar-refractivity contribution in [3.05, 3.63) is 59.7 Å². The average molecular weight is 378 g/mol. The van der Waals surface area contributed by atoms with Crippen LogP contribution in [0.15, 0.2) is 48.5 Å². The molecule has 0 spiro atoms. The van der Waals surface area contributed by atoms with Crippen LogP contribution in [-0.4, -0.2) is 41.7 Å². The van der Waals surface area contributed by atoms with E-state index in [0.29, 0.717) is 13.0 Å². The first-order chi connectivity index (χ1) is 13.5. The number of hydrogen-bond donors (Lipinski definition) is 0. The molecule has 3 aliphatic rings. The molecule has 144 valence electrons. The van der Waals surface area contributed by atoms with Crippen molar-refractivity contribution in [1.29, 1.82) is 0 Å². The number of para-hydroxylation sites is 1. The molecular formula is C22H22N2O4. The number of carbonyl (C=O) groups is 2. The normalized spacial score (nSPS) is 28.2. The average Bonchev–Trinajstić information content (AvgIpc) is 3.19. The third-order valence-corrected chi connectivity index (χ3v) is 6.26. The molecule has 2 aromatic carbocycles. The Balaban J connectivity index is 1.49. The van der Waals surface area contributed by atoms with Crippen LogP contribution in [0.1, 0.15) is 24.5 Å². The summed E-state index contributed by atoms with van der Waals surface area (Å²) in [6.45, 7) is 2.21. The smallest absolute Gasteiger partial charge is 0.257 e. The minimum atomic E-state index is -1.01. The zero-order valence-electron chi connectivity index (χ0n) is 15.9. The number of likely N-dealkylation sites (tertiary alicyclic amines) is 1. The molecule has 3 heterocycles. The summed E-state index contributed by atoms with van der Waals surface area (Å²) in [6, 6.07) is 15.5. The number of rotatable bonds is 3. The number of carbonyl (C=O) groups excluding carboxylic acids is 2. The molecule has 3 unspecified atom stereocenters. The van der Waals surface area contributed by atoms with Crippen molar-refractivity contribution >= 4 is 17.5 Å². The number of methoxy groups -OCH3 is 1. The maximum absolute atomic E-state index is 13.7. The predicted octanol–water partition coefficient (Wildman–Crippen LogP) is 2.50. The molecule has 0 bridgehead atoms. The van der Waals surface area contributed by atoms with Gasteiger partial charge < -0.3 is 14.4 Å². The molecule has 6 heteroatoms. The zero-order chi connectivity index (χ0) is 19.5. The van der Waals surface area contributed by atoms with Crippen LogP contribution in [-0.2, 0) is 27.3 Å². The maximum atomic E-state index is 13.7. The first kappa shape index (κ1) is 17.3. The van der Waals surface area contributed by atoms with E-state index < -0.39 is 11.6 Å². The molecule has 3 aliphatic heterocycles. The minimum absolute atomic E-state index is 0.0499. The predicted molar refractivity (Wildman–Crippen MR) is 103 cm³/mol. The number of fused-ring (bicyclic) bond motifs is 4. The van der Waals surface area contributed by atoms with E-state index in [0.717, 1.165) is 22.6 Å². The molecule has 0 N–H and O–H groups in total. The molecule has 0 aliphatic carbocycles. The van der Waals surface area contributed by atoms with Crippen molar-refractivity contribution in [2.24, 2.45) is 0 Å². The van der Waals surface area contributed by atoms with Gasteiger partial charge in [-0.2, -0.15) is 0 Å².